The average molecular weight is 182 g/mol. The summed E-state index contributed by atoms with van der Waals surface area (Å²) in [5.74, 6) is 0.976. The monoisotopic (exact) mass is 182 g/mol. The van der Waals surface area contributed by atoms with E-state index in [1.807, 2.05) is 24.5 Å². The number of thioether (sulfide) groups is 1. The highest BCUT2D eigenvalue weighted by atomic mass is 32.2. The summed E-state index contributed by atoms with van der Waals surface area (Å²) >= 11 is 1.70. The third-order valence-corrected chi connectivity index (χ3v) is 2.63. The Balaban J connectivity index is 2.42. The lowest BCUT2D eigenvalue weighted by Gasteiger charge is -2.20. The van der Waals surface area contributed by atoms with Gasteiger partial charge in [-0.05, 0) is 6.26 Å². The molecule has 0 amide bonds. The molecule has 5 heteroatoms. The van der Waals surface area contributed by atoms with Gasteiger partial charge >= 0.3 is 0 Å². The van der Waals surface area contributed by atoms with Crippen molar-refractivity contribution in [2.45, 2.75) is 5.37 Å². The van der Waals surface area contributed by atoms with Crippen LogP contribution in [0.3, 0.4) is 0 Å². The number of hydrogen-bond donors (Lipinski definition) is 1. The number of anilines is 1. The zero-order chi connectivity index (χ0) is 8.55. The minimum Gasteiger partial charge on any atom is -0.344 e. The lowest BCUT2D eigenvalue weighted by Crippen LogP contribution is -2.20. The number of aromatic amines is 1. The average Bonchev–Trinajstić information content (AvgIpc) is 2.54. The summed E-state index contributed by atoms with van der Waals surface area (Å²) < 4.78 is 0. The van der Waals surface area contributed by atoms with Gasteiger partial charge < -0.3 is 9.88 Å². The Bertz CT molecular complexity index is 306. The first-order valence-electron chi connectivity index (χ1n) is 3.65. The van der Waals surface area contributed by atoms with E-state index < -0.39 is 0 Å². The van der Waals surface area contributed by atoms with Crippen molar-refractivity contribution in [1.29, 1.82) is 0 Å². The molecule has 0 saturated carbocycles. The Morgan fingerprint density at radius 2 is 2.50 bits per heavy atom. The van der Waals surface area contributed by atoms with E-state index in [9.17, 15) is 0 Å². The van der Waals surface area contributed by atoms with Crippen LogP contribution < -0.4 is 4.90 Å². The van der Waals surface area contributed by atoms with E-state index in [1.165, 1.54) is 0 Å². The summed E-state index contributed by atoms with van der Waals surface area (Å²) in [7, 11) is 1.94. The van der Waals surface area contributed by atoms with E-state index in [-0.39, 0.29) is 5.37 Å². The van der Waals surface area contributed by atoms with Crippen molar-refractivity contribution in [2.75, 3.05) is 18.2 Å². The van der Waals surface area contributed by atoms with Gasteiger partial charge in [-0.1, -0.05) is 0 Å². The minimum absolute atomic E-state index is 0.179. The van der Waals surface area contributed by atoms with Crippen molar-refractivity contribution < 1.29 is 0 Å². The first kappa shape index (κ1) is 7.67. The molecule has 12 heavy (non-hydrogen) atoms. The van der Waals surface area contributed by atoms with Gasteiger partial charge in [-0.3, -0.25) is 4.99 Å². The molecule has 2 heterocycles. The van der Waals surface area contributed by atoms with Crippen molar-refractivity contribution >= 4 is 23.9 Å². The smallest absolute Gasteiger partial charge is 0.157 e. The van der Waals surface area contributed by atoms with Gasteiger partial charge in [0.25, 0.3) is 0 Å². The number of aromatic nitrogens is 2. The van der Waals surface area contributed by atoms with Gasteiger partial charge in [-0.2, -0.15) is 0 Å². The van der Waals surface area contributed by atoms with Gasteiger partial charge in [0.05, 0.1) is 18.4 Å². The molecule has 1 N–H and O–H groups in total. The van der Waals surface area contributed by atoms with Gasteiger partial charge in [0, 0.05) is 7.05 Å². The molecule has 4 nitrogen and oxygen atoms in total. The highest BCUT2D eigenvalue weighted by Crippen LogP contribution is 2.34. The molecule has 1 aromatic heterocycles. The molecule has 64 valence electrons. The first-order valence-corrected chi connectivity index (χ1v) is 4.94. The molecule has 0 fully saturated rings. The molecule has 1 unspecified atom stereocenters. The molecule has 0 aliphatic carbocycles. The molecule has 1 aliphatic rings. The van der Waals surface area contributed by atoms with Gasteiger partial charge in [0.15, 0.2) is 5.82 Å². The SMILES string of the molecule is CSC1N=CN(C)c2nc[nH]c21. The number of imidazole rings is 1. The van der Waals surface area contributed by atoms with E-state index >= 15 is 0 Å². The molecule has 0 spiro atoms. The van der Waals surface area contributed by atoms with E-state index in [0.717, 1.165) is 11.5 Å². The highest BCUT2D eigenvalue weighted by Gasteiger charge is 2.21. The van der Waals surface area contributed by atoms with Crippen LogP contribution in [0.15, 0.2) is 11.3 Å². The molecule has 2 rings (SSSR count). The topological polar surface area (TPSA) is 44.3 Å². The number of aliphatic imine (C=N–C) groups is 1. The van der Waals surface area contributed by atoms with Crippen LogP contribution in [0.5, 0.6) is 0 Å². The molecule has 1 aliphatic heterocycles. The van der Waals surface area contributed by atoms with Crippen LogP contribution in [0.25, 0.3) is 0 Å². The first-order chi connectivity index (χ1) is 5.83. The van der Waals surface area contributed by atoms with Crippen molar-refractivity contribution in [2.24, 2.45) is 4.99 Å². The fourth-order valence-corrected chi connectivity index (χ4v) is 1.81. The number of fused-ring (bicyclic) bond motifs is 1. The molecule has 0 radical (unpaired) electrons. The van der Waals surface area contributed by atoms with Crippen molar-refractivity contribution in [3.8, 4) is 0 Å². The molecule has 0 aromatic carbocycles. The third-order valence-electron chi connectivity index (χ3n) is 1.83. The molecule has 1 atom stereocenters. The van der Waals surface area contributed by atoms with Crippen molar-refractivity contribution in [3.63, 3.8) is 0 Å². The van der Waals surface area contributed by atoms with Crippen molar-refractivity contribution in [1.82, 2.24) is 9.97 Å². The van der Waals surface area contributed by atoms with E-state index in [0.29, 0.717) is 0 Å². The molecule has 1 aromatic rings. The Morgan fingerprint density at radius 3 is 3.25 bits per heavy atom. The molecule has 0 saturated heterocycles. The van der Waals surface area contributed by atoms with Gasteiger partial charge in [-0.25, -0.2) is 4.98 Å². The largest absolute Gasteiger partial charge is 0.344 e. The standard InChI is InChI=1S/C7H10N4S/c1-11-4-10-7(12-2)5-6(11)9-3-8-5/h3-4,7H,1-2H3,(H,8,9). The lowest BCUT2D eigenvalue weighted by atomic mass is 10.4. The van der Waals surface area contributed by atoms with Gasteiger partial charge in [0.2, 0.25) is 0 Å². The molecular weight excluding hydrogens is 172 g/mol. The number of hydrogen-bond acceptors (Lipinski definition) is 4. The number of nitrogens with zero attached hydrogens (tertiary/aromatic N) is 3. The zero-order valence-electron chi connectivity index (χ0n) is 6.98. The predicted octanol–water partition coefficient (Wildman–Crippen LogP) is 1.25. The Hall–Kier alpha value is -0.970. The lowest BCUT2D eigenvalue weighted by molar-refractivity contribution is 0.948. The van der Waals surface area contributed by atoms with Crippen LogP contribution in [0.1, 0.15) is 11.1 Å². The van der Waals surface area contributed by atoms with Crippen molar-refractivity contribution in [3.05, 3.63) is 12.0 Å². The Kier molecular flexibility index (Phi) is 1.80. The molecular formula is C7H10N4S. The predicted molar refractivity (Wildman–Crippen MR) is 51.7 cm³/mol. The highest BCUT2D eigenvalue weighted by molar-refractivity contribution is 7.98. The van der Waals surface area contributed by atoms with Crippen LogP contribution in [0.2, 0.25) is 0 Å². The van der Waals surface area contributed by atoms with Crippen LogP contribution in [-0.2, 0) is 0 Å². The maximum atomic E-state index is 4.34. The number of rotatable bonds is 1. The van der Waals surface area contributed by atoms with Gasteiger partial charge in [0.1, 0.15) is 5.37 Å². The normalized spacial score (nSPS) is 21.2. The summed E-state index contributed by atoms with van der Waals surface area (Å²) in [6, 6.07) is 0. The second kappa shape index (κ2) is 2.82. The summed E-state index contributed by atoms with van der Waals surface area (Å²) in [6.45, 7) is 0. The Labute approximate surface area is 75.1 Å². The zero-order valence-corrected chi connectivity index (χ0v) is 7.80. The quantitative estimate of drug-likeness (QED) is 0.711. The maximum absolute atomic E-state index is 4.34. The van der Waals surface area contributed by atoms with E-state index in [4.69, 9.17) is 0 Å². The second-order valence-electron chi connectivity index (χ2n) is 2.60. The van der Waals surface area contributed by atoms with Crippen LogP contribution in [-0.4, -0.2) is 29.6 Å². The fourth-order valence-electron chi connectivity index (χ4n) is 1.23. The Morgan fingerprint density at radius 1 is 1.67 bits per heavy atom. The van der Waals surface area contributed by atoms with Crippen LogP contribution in [0, 0.1) is 0 Å². The fraction of sp³-hybridized carbons (Fsp3) is 0.429. The number of nitrogens with one attached hydrogen (secondary N) is 1. The summed E-state index contributed by atoms with van der Waals surface area (Å²) in [6.07, 6.45) is 5.56. The van der Waals surface area contributed by atoms with Gasteiger partial charge in [-0.15, -0.1) is 11.8 Å². The minimum atomic E-state index is 0.179. The van der Waals surface area contributed by atoms with E-state index in [1.54, 1.807) is 18.1 Å². The second-order valence-corrected chi connectivity index (χ2v) is 3.52. The third kappa shape index (κ3) is 1.01. The van der Waals surface area contributed by atoms with Crippen LogP contribution in [0.4, 0.5) is 5.82 Å². The van der Waals surface area contributed by atoms with E-state index in [2.05, 4.69) is 15.0 Å². The summed E-state index contributed by atoms with van der Waals surface area (Å²) in [4.78, 5) is 13.6. The number of H-pyrrole nitrogens is 1. The molecule has 0 bridgehead atoms. The van der Waals surface area contributed by atoms with Crippen LogP contribution >= 0.6 is 11.8 Å². The summed E-state index contributed by atoms with van der Waals surface area (Å²) in [5, 5.41) is 0.179. The summed E-state index contributed by atoms with van der Waals surface area (Å²) in [5.41, 5.74) is 1.09. The maximum Gasteiger partial charge on any atom is 0.157 e.